The van der Waals surface area contributed by atoms with Crippen LogP contribution in [0.15, 0.2) is 24.3 Å². The molecule has 0 aliphatic heterocycles. The lowest BCUT2D eigenvalue weighted by molar-refractivity contribution is 0.0971. The number of rotatable bonds is 8. The number of aryl methyl sites for hydroxylation is 1. The molecule has 9 heteroatoms. The van der Waals surface area contributed by atoms with E-state index in [1.807, 2.05) is 45.0 Å². The van der Waals surface area contributed by atoms with Gasteiger partial charge in [-0.25, -0.2) is 4.98 Å². The van der Waals surface area contributed by atoms with Crippen LogP contribution < -0.4 is 4.90 Å². The van der Waals surface area contributed by atoms with Crippen molar-refractivity contribution in [3.8, 4) is 0 Å². The van der Waals surface area contributed by atoms with E-state index in [2.05, 4.69) is 23.8 Å². The molecular formula is C21H29Cl2N5OS. The predicted molar refractivity (Wildman–Crippen MR) is 129 cm³/mol. The number of anilines is 1. The molecule has 0 N–H and O–H groups in total. The Morgan fingerprint density at radius 1 is 1.20 bits per heavy atom. The van der Waals surface area contributed by atoms with E-state index in [0.717, 1.165) is 35.5 Å². The first-order chi connectivity index (χ1) is 13.8. The summed E-state index contributed by atoms with van der Waals surface area (Å²) in [5.41, 5.74) is 2.28. The van der Waals surface area contributed by atoms with Gasteiger partial charge in [-0.05, 0) is 58.1 Å². The first-order valence-corrected chi connectivity index (χ1v) is 11.2. The summed E-state index contributed by atoms with van der Waals surface area (Å²) in [6.45, 7) is 13.5. The summed E-state index contributed by atoms with van der Waals surface area (Å²) >= 11 is 7.64. The van der Waals surface area contributed by atoms with Crippen LogP contribution in [0.3, 0.4) is 0 Å². The van der Waals surface area contributed by atoms with Gasteiger partial charge in [0.2, 0.25) is 0 Å². The van der Waals surface area contributed by atoms with Crippen molar-refractivity contribution in [1.82, 2.24) is 19.7 Å². The number of amides is 1. The SMILES string of the molecule is CCN(CC)CCN(C(=O)c1cc(C)nn1C(C)C)c1nc2ccc(Cl)cc2s1.Cl. The highest BCUT2D eigenvalue weighted by Crippen LogP contribution is 2.31. The largest absolute Gasteiger partial charge is 0.302 e. The molecule has 3 aromatic rings. The van der Waals surface area contributed by atoms with Crippen LogP contribution in [0.25, 0.3) is 10.2 Å². The van der Waals surface area contributed by atoms with Crippen LogP contribution in [0.2, 0.25) is 5.02 Å². The van der Waals surface area contributed by atoms with Crippen LogP contribution in [-0.2, 0) is 0 Å². The molecule has 6 nitrogen and oxygen atoms in total. The molecule has 0 bridgehead atoms. The minimum absolute atomic E-state index is 0. The van der Waals surface area contributed by atoms with Gasteiger partial charge in [0.05, 0.1) is 15.9 Å². The second-order valence-corrected chi connectivity index (χ2v) is 8.75. The van der Waals surface area contributed by atoms with Crippen molar-refractivity contribution in [3.63, 3.8) is 0 Å². The number of halogens is 2. The number of fused-ring (bicyclic) bond motifs is 1. The van der Waals surface area contributed by atoms with Gasteiger partial charge in [-0.1, -0.05) is 36.8 Å². The number of thiazole rings is 1. The molecule has 3 rings (SSSR count). The van der Waals surface area contributed by atoms with Crippen molar-refractivity contribution >= 4 is 56.6 Å². The smallest absolute Gasteiger partial charge is 0.278 e. The number of nitrogens with zero attached hydrogens (tertiary/aromatic N) is 5. The van der Waals surface area contributed by atoms with Gasteiger partial charge in [-0.15, -0.1) is 12.4 Å². The molecule has 30 heavy (non-hydrogen) atoms. The fourth-order valence-electron chi connectivity index (χ4n) is 3.28. The van der Waals surface area contributed by atoms with Crippen LogP contribution >= 0.6 is 35.3 Å². The van der Waals surface area contributed by atoms with E-state index in [-0.39, 0.29) is 24.4 Å². The number of carbonyl (C=O) groups is 1. The number of likely N-dealkylation sites (N-methyl/N-ethyl adjacent to an activating group) is 1. The number of benzene rings is 1. The minimum Gasteiger partial charge on any atom is -0.302 e. The fourth-order valence-corrected chi connectivity index (χ4v) is 4.54. The molecular weight excluding hydrogens is 441 g/mol. The third-order valence-corrected chi connectivity index (χ3v) is 6.19. The average molecular weight is 470 g/mol. The summed E-state index contributed by atoms with van der Waals surface area (Å²) in [7, 11) is 0. The van der Waals surface area contributed by atoms with Crippen LogP contribution in [-0.4, -0.2) is 51.8 Å². The molecule has 0 saturated heterocycles. The fraction of sp³-hybridized carbons (Fsp3) is 0.476. The molecule has 0 fully saturated rings. The lowest BCUT2D eigenvalue weighted by Gasteiger charge is -2.25. The van der Waals surface area contributed by atoms with E-state index in [1.54, 1.807) is 9.58 Å². The zero-order valence-corrected chi connectivity index (χ0v) is 20.4. The van der Waals surface area contributed by atoms with E-state index in [4.69, 9.17) is 16.6 Å². The summed E-state index contributed by atoms with van der Waals surface area (Å²) in [6.07, 6.45) is 0. The molecule has 2 aromatic heterocycles. The normalized spacial score (nSPS) is 11.3. The van der Waals surface area contributed by atoms with Crippen LogP contribution in [0.5, 0.6) is 0 Å². The highest BCUT2D eigenvalue weighted by atomic mass is 35.5. The summed E-state index contributed by atoms with van der Waals surface area (Å²) in [5, 5.41) is 5.87. The summed E-state index contributed by atoms with van der Waals surface area (Å²) < 4.78 is 2.77. The Kier molecular flexibility index (Phi) is 8.67. The van der Waals surface area contributed by atoms with Crippen molar-refractivity contribution < 1.29 is 4.79 Å². The maximum absolute atomic E-state index is 13.6. The van der Waals surface area contributed by atoms with E-state index in [9.17, 15) is 4.79 Å². The molecule has 0 aliphatic rings. The summed E-state index contributed by atoms with van der Waals surface area (Å²) in [6, 6.07) is 7.58. The number of hydrogen-bond donors (Lipinski definition) is 0. The molecule has 1 aromatic carbocycles. The number of carbonyl (C=O) groups excluding carboxylic acids is 1. The lowest BCUT2D eigenvalue weighted by atomic mass is 10.3. The predicted octanol–water partition coefficient (Wildman–Crippen LogP) is 5.45. The maximum atomic E-state index is 13.6. The topological polar surface area (TPSA) is 54.3 Å². The van der Waals surface area contributed by atoms with Crippen molar-refractivity contribution in [3.05, 3.63) is 40.7 Å². The highest BCUT2D eigenvalue weighted by Gasteiger charge is 2.26. The summed E-state index contributed by atoms with van der Waals surface area (Å²) in [5.74, 6) is -0.0726. The second kappa shape index (κ2) is 10.6. The van der Waals surface area contributed by atoms with Gasteiger partial charge in [-0.2, -0.15) is 5.10 Å². The van der Waals surface area contributed by atoms with Gasteiger partial charge < -0.3 is 4.90 Å². The van der Waals surface area contributed by atoms with Crippen molar-refractivity contribution in [2.24, 2.45) is 0 Å². The molecule has 0 atom stereocenters. The third-order valence-electron chi connectivity index (χ3n) is 4.92. The molecule has 0 aliphatic carbocycles. The van der Waals surface area contributed by atoms with Crippen LogP contribution in [0.4, 0.5) is 5.13 Å². The molecule has 0 saturated carbocycles. The Balaban J connectivity index is 0.00000320. The first-order valence-electron chi connectivity index (χ1n) is 10.0. The van der Waals surface area contributed by atoms with Crippen molar-refractivity contribution in [2.45, 2.75) is 40.7 Å². The molecule has 164 valence electrons. The molecule has 1 amide bonds. The highest BCUT2D eigenvalue weighted by molar-refractivity contribution is 7.22. The molecule has 0 spiro atoms. The molecule has 0 unspecified atom stereocenters. The maximum Gasteiger partial charge on any atom is 0.278 e. The monoisotopic (exact) mass is 469 g/mol. The Hall–Kier alpha value is -1.67. The summed E-state index contributed by atoms with van der Waals surface area (Å²) in [4.78, 5) is 22.4. The van der Waals surface area contributed by atoms with Gasteiger partial charge in [0.1, 0.15) is 5.69 Å². The molecule has 0 radical (unpaired) electrons. The first kappa shape index (κ1) is 24.6. The Labute approximate surface area is 193 Å². The molecule has 2 heterocycles. The van der Waals surface area contributed by atoms with E-state index in [0.29, 0.717) is 22.4 Å². The van der Waals surface area contributed by atoms with Crippen LogP contribution in [0, 0.1) is 6.92 Å². The third kappa shape index (κ3) is 5.32. The number of hydrogen-bond acceptors (Lipinski definition) is 5. The number of aromatic nitrogens is 3. The zero-order chi connectivity index (χ0) is 21.1. The average Bonchev–Trinajstić information content (AvgIpc) is 3.28. The van der Waals surface area contributed by atoms with Gasteiger partial charge >= 0.3 is 0 Å². The second-order valence-electron chi connectivity index (χ2n) is 7.30. The van der Waals surface area contributed by atoms with E-state index >= 15 is 0 Å². The lowest BCUT2D eigenvalue weighted by Crippen LogP contribution is -2.39. The standard InChI is InChI=1S/C21H28ClN5OS.ClH/c1-6-25(7-2)10-11-26(20(28)18-12-15(5)24-27(18)14(3)4)21-23-17-9-8-16(22)13-19(17)29-21;/h8-9,12-14H,6-7,10-11H2,1-5H3;1H. The van der Waals surface area contributed by atoms with Gasteiger partial charge in [0.15, 0.2) is 5.13 Å². The quantitative estimate of drug-likeness (QED) is 0.440. The van der Waals surface area contributed by atoms with E-state index in [1.165, 1.54) is 11.3 Å². The van der Waals surface area contributed by atoms with Crippen molar-refractivity contribution in [1.29, 1.82) is 0 Å². The van der Waals surface area contributed by atoms with E-state index < -0.39 is 0 Å². The van der Waals surface area contributed by atoms with Gasteiger partial charge in [-0.3, -0.25) is 14.4 Å². The Morgan fingerprint density at radius 3 is 2.53 bits per heavy atom. The van der Waals surface area contributed by atoms with Crippen molar-refractivity contribution in [2.75, 3.05) is 31.1 Å². The zero-order valence-electron chi connectivity index (χ0n) is 18.1. The Bertz CT molecular complexity index is 997. The van der Waals surface area contributed by atoms with Gasteiger partial charge in [0.25, 0.3) is 5.91 Å². The Morgan fingerprint density at radius 2 is 1.90 bits per heavy atom. The van der Waals surface area contributed by atoms with Crippen LogP contribution in [0.1, 0.15) is 49.9 Å². The minimum atomic E-state index is -0.0726. The van der Waals surface area contributed by atoms with Gasteiger partial charge in [0, 0.05) is 24.2 Å².